The zero-order valence-electron chi connectivity index (χ0n) is 10.1. The van der Waals surface area contributed by atoms with Gasteiger partial charge in [-0.25, -0.2) is 0 Å². The molecule has 1 fully saturated rings. The molecule has 0 bridgehead atoms. The fraction of sp³-hybridized carbons (Fsp3) is 0.250. The van der Waals surface area contributed by atoms with Gasteiger partial charge in [-0.3, -0.25) is 24.8 Å². The first kappa shape index (κ1) is 13.4. The van der Waals surface area contributed by atoms with E-state index in [2.05, 4.69) is 10.7 Å². The van der Waals surface area contributed by atoms with Crippen LogP contribution in [0.3, 0.4) is 0 Å². The van der Waals surface area contributed by atoms with Crippen molar-refractivity contribution in [3.8, 4) is 0 Å². The molecule has 2 N–H and O–H groups in total. The molecule has 6 nitrogen and oxygen atoms in total. The summed E-state index contributed by atoms with van der Waals surface area (Å²) < 4.78 is 0. The molecule has 1 aliphatic heterocycles. The van der Waals surface area contributed by atoms with Gasteiger partial charge in [0.15, 0.2) is 0 Å². The molecule has 7 heteroatoms. The van der Waals surface area contributed by atoms with Crippen LogP contribution in [0.15, 0.2) is 24.3 Å². The van der Waals surface area contributed by atoms with E-state index in [0.717, 1.165) is 5.01 Å². The number of carbonyl (C=O) groups excluding carboxylic acids is 3. The highest BCUT2D eigenvalue weighted by Gasteiger charge is 2.38. The average Bonchev–Trinajstić information content (AvgIpc) is 2.59. The fourth-order valence-corrected chi connectivity index (χ4v) is 1.96. The second-order valence-electron chi connectivity index (χ2n) is 4.16. The van der Waals surface area contributed by atoms with E-state index >= 15 is 0 Å². The van der Waals surface area contributed by atoms with Gasteiger partial charge in [0.1, 0.15) is 5.92 Å². The van der Waals surface area contributed by atoms with Crippen LogP contribution in [0.2, 0.25) is 5.02 Å². The number of benzene rings is 1. The average molecular weight is 282 g/mol. The van der Waals surface area contributed by atoms with Crippen molar-refractivity contribution in [1.29, 1.82) is 0 Å². The van der Waals surface area contributed by atoms with Crippen LogP contribution in [-0.2, 0) is 14.4 Å². The molecule has 0 aromatic heterocycles. The number of nitrogens with zero attached hydrogens (tertiary/aromatic N) is 1. The molecule has 1 aromatic carbocycles. The Hall–Kier alpha value is -2.08. The van der Waals surface area contributed by atoms with Crippen molar-refractivity contribution in [1.82, 2.24) is 10.4 Å². The monoisotopic (exact) mass is 281 g/mol. The molecule has 0 radical (unpaired) electrons. The van der Waals surface area contributed by atoms with Crippen molar-refractivity contribution in [3.63, 3.8) is 0 Å². The Morgan fingerprint density at radius 2 is 2.11 bits per heavy atom. The summed E-state index contributed by atoms with van der Waals surface area (Å²) in [5.74, 6) is -2.30. The molecule has 100 valence electrons. The normalized spacial score (nSPS) is 18.4. The van der Waals surface area contributed by atoms with Crippen LogP contribution >= 0.6 is 11.6 Å². The summed E-state index contributed by atoms with van der Waals surface area (Å²) in [4.78, 5) is 34.9. The second kappa shape index (κ2) is 5.27. The highest BCUT2D eigenvalue weighted by molar-refractivity contribution is 6.33. The molecule has 1 atom stereocenters. The van der Waals surface area contributed by atoms with Crippen molar-refractivity contribution in [2.75, 3.05) is 12.4 Å². The zero-order valence-corrected chi connectivity index (χ0v) is 10.9. The van der Waals surface area contributed by atoms with E-state index in [1.807, 2.05) is 0 Å². The number of amides is 3. The Morgan fingerprint density at radius 3 is 2.68 bits per heavy atom. The number of anilines is 1. The Labute approximate surface area is 114 Å². The van der Waals surface area contributed by atoms with Crippen LogP contribution in [0.25, 0.3) is 0 Å². The number of hydrogen-bond acceptors (Lipinski definition) is 3. The van der Waals surface area contributed by atoms with Gasteiger partial charge in [-0.1, -0.05) is 23.7 Å². The topological polar surface area (TPSA) is 78.5 Å². The summed E-state index contributed by atoms with van der Waals surface area (Å²) in [6, 6.07) is 6.74. The maximum atomic E-state index is 11.8. The Bertz CT molecular complexity index is 547. The molecule has 1 aromatic rings. The van der Waals surface area contributed by atoms with Gasteiger partial charge in [-0.05, 0) is 12.1 Å². The standard InChI is InChI=1S/C12H12ClN3O3/c1-16-12(19)7(11(18)15-16)6-10(17)14-9-5-3-2-4-8(9)13/h2-5,7H,6H2,1H3,(H,14,17)(H,15,18). The van der Waals surface area contributed by atoms with E-state index in [4.69, 9.17) is 11.6 Å². The van der Waals surface area contributed by atoms with Gasteiger partial charge in [0.2, 0.25) is 5.91 Å². The lowest BCUT2D eigenvalue weighted by atomic mass is 10.0. The molecule has 3 amide bonds. The first-order valence-corrected chi connectivity index (χ1v) is 5.99. The fourth-order valence-electron chi connectivity index (χ4n) is 1.77. The second-order valence-corrected chi connectivity index (χ2v) is 4.57. The maximum absolute atomic E-state index is 11.8. The van der Waals surface area contributed by atoms with Crippen molar-refractivity contribution in [2.24, 2.45) is 5.92 Å². The number of nitrogens with one attached hydrogen (secondary N) is 2. The van der Waals surface area contributed by atoms with Gasteiger partial charge in [-0.2, -0.15) is 0 Å². The lowest BCUT2D eigenvalue weighted by Crippen LogP contribution is -2.31. The first-order chi connectivity index (χ1) is 8.99. The molecule has 1 unspecified atom stereocenters. The van der Waals surface area contributed by atoms with Gasteiger partial charge in [0, 0.05) is 13.5 Å². The molecule has 0 aliphatic carbocycles. The molecule has 2 rings (SSSR count). The molecular formula is C12H12ClN3O3. The smallest absolute Gasteiger partial charge is 0.253 e. The molecule has 0 spiro atoms. The van der Waals surface area contributed by atoms with Crippen LogP contribution in [0.4, 0.5) is 5.69 Å². The summed E-state index contributed by atoms with van der Waals surface area (Å²) in [5, 5.41) is 4.05. The predicted molar refractivity (Wildman–Crippen MR) is 69.1 cm³/mol. The number of carbonyl (C=O) groups is 3. The van der Waals surface area contributed by atoms with E-state index in [1.54, 1.807) is 24.3 Å². The minimum atomic E-state index is -0.979. The van der Waals surface area contributed by atoms with Gasteiger partial charge < -0.3 is 5.32 Å². The van der Waals surface area contributed by atoms with E-state index in [-0.39, 0.29) is 6.42 Å². The van der Waals surface area contributed by atoms with Crippen LogP contribution in [0.5, 0.6) is 0 Å². The van der Waals surface area contributed by atoms with Crippen molar-refractivity contribution in [2.45, 2.75) is 6.42 Å². The SMILES string of the molecule is CN1NC(=O)C(CC(=O)Nc2ccccc2Cl)C1=O. The lowest BCUT2D eigenvalue weighted by molar-refractivity contribution is -0.134. The maximum Gasteiger partial charge on any atom is 0.253 e. The third-order valence-corrected chi connectivity index (χ3v) is 3.09. The minimum Gasteiger partial charge on any atom is -0.325 e. The first-order valence-electron chi connectivity index (χ1n) is 5.61. The third-order valence-electron chi connectivity index (χ3n) is 2.76. The molecule has 1 saturated heterocycles. The number of rotatable bonds is 3. The number of halogens is 1. The Morgan fingerprint density at radius 1 is 1.42 bits per heavy atom. The predicted octanol–water partition coefficient (Wildman–Crippen LogP) is 0.788. The summed E-state index contributed by atoms with van der Waals surface area (Å²) in [6.45, 7) is 0. The highest BCUT2D eigenvalue weighted by atomic mass is 35.5. The minimum absolute atomic E-state index is 0.208. The Kier molecular flexibility index (Phi) is 3.71. The lowest BCUT2D eigenvalue weighted by Gasteiger charge is -2.09. The molecule has 1 aliphatic rings. The van der Waals surface area contributed by atoms with Crippen molar-refractivity contribution >= 4 is 35.0 Å². The van der Waals surface area contributed by atoms with Gasteiger partial charge in [0.05, 0.1) is 10.7 Å². The third kappa shape index (κ3) is 2.85. The van der Waals surface area contributed by atoms with Crippen molar-refractivity contribution < 1.29 is 14.4 Å². The highest BCUT2D eigenvalue weighted by Crippen LogP contribution is 2.21. The van der Waals surface area contributed by atoms with Gasteiger partial charge in [-0.15, -0.1) is 0 Å². The van der Waals surface area contributed by atoms with E-state index in [0.29, 0.717) is 10.7 Å². The van der Waals surface area contributed by atoms with Crippen LogP contribution in [-0.4, -0.2) is 29.8 Å². The molecule has 19 heavy (non-hydrogen) atoms. The van der Waals surface area contributed by atoms with Crippen LogP contribution in [0.1, 0.15) is 6.42 Å². The molecule has 1 heterocycles. The van der Waals surface area contributed by atoms with E-state index in [9.17, 15) is 14.4 Å². The van der Waals surface area contributed by atoms with Gasteiger partial charge >= 0.3 is 0 Å². The largest absolute Gasteiger partial charge is 0.325 e. The molecular weight excluding hydrogens is 270 g/mol. The Balaban J connectivity index is 2.01. The zero-order chi connectivity index (χ0) is 14.0. The van der Waals surface area contributed by atoms with Gasteiger partial charge in [0.25, 0.3) is 11.8 Å². The van der Waals surface area contributed by atoms with Crippen LogP contribution in [0, 0.1) is 5.92 Å². The quantitative estimate of drug-likeness (QED) is 0.804. The van der Waals surface area contributed by atoms with Crippen molar-refractivity contribution in [3.05, 3.63) is 29.3 Å². The molecule has 0 saturated carbocycles. The number of para-hydroxylation sites is 1. The number of hydrogen-bond donors (Lipinski definition) is 2. The van der Waals surface area contributed by atoms with E-state index < -0.39 is 23.6 Å². The van der Waals surface area contributed by atoms with Crippen LogP contribution < -0.4 is 10.7 Å². The summed E-state index contributed by atoms with van der Waals surface area (Å²) in [6.07, 6.45) is -0.208. The summed E-state index contributed by atoms with van der Waals surface area (Å²) >= 11 is 5.90. The summed E-state index contributed by atoms with van der Waals surface area (Å²) in [7, 11) is 1.44. The summed E-state index contributed by atoms with van der Waals surface area (Å²) in [5.41, 5.74) is 2.79. The number of hydrazine groups is 1. The van der Waals surface area contributed by atoms with E-state index in [1.165, 1.54) is 7.05 Å².